The van der Waals surface area contributed by atoms with Gasteiger partial charge in [0.2, 0.25) is 5.91 Å². The number of aromatic nitrogens is 1. The molecular formula is C15H25N3O. The van der Waals surface area contributed by atoms with Crippen LogP contribution in [-0.2, 0) is 4.79 Å². The first kappa shape index (κ1) is 15.6. The van der Waals surface area contributed by atoms with Gasteiger partial charge in [-0.3, -0.25) is 9.78 Å². The maximum absolute atomic E-state index is 11.9. The van der Waals surface area contributed by atoms with Gasteiger partial charge in [-0.05, 0) is 42.9 Å². The van der Waals surface area contributed by atoms with Crippen LogP contribution in [0.5, 0.6) is 0 Å². The van der Waals surface area contributed by atoms with Gasteiger partial charge in [-0.1, -0.05) is 20.8 Å². The molecule has 0 saturated heterocycles. The van der Waals surface area contributed by atoms with Crippen molar-refractivity contribution in [3.8, 4) is 0 Å². The van der Waals surface area contributed by atoms with E-state index < -0.39 is 0 Å². The maximum atomic E-state index is 11.9. The predicted octanol–water partition coefficient (Wildman–Crippen LogP) is 2.81. The van der Waals surface area contributed by atoms with E-state index in [0.29, 0.717) is 18.9 Å². The van der Waals surface area contributed by atoms with Gasteiger partial charge in [0.25, 0.3) is 0 Å². The van der Waals surface area contributed by atoms with Gasteiger partial charge in [0.05, 0.1) is 11.9 Å². The topological polar surface area (TPSA) is 68.0 Å². The molecule has 0 bridgehead atoms. The van der Waals surface area contributed by atoms with Crippen LogP contribution in [0.3, 0.4) is 0 Å². The summed E-state index contributed by atoms with van der Waals surface area (Å²) in [6, 6.07) is 3.65. The van der Waals surface area contributed by atoms with Gasteiger partial charge in [0.1, 0.15) is 0 Å². The molecule has 1 heterocycles. The molecule has 1 atom stereocenters. The van der Waals surface area contributed by atoms with E-state index in [0.717, 1.165) is 18.5 Å². The Bertz CT molecular complexity index is 384. The number of nitrogens with zero attached hydrogens (tertiary/aromatic N) is 1. The fraction of sp³-hybridized carbons (Fsp3) is 0.600. The number of amides is 1. The first-order valence-electron chi connectivity index (χ1n) is 6.83. The molecule has 19 heavy (non-hydrogen) atoms. The lowest BCUT2D eigenvalue weighted by Crippen LogP contribution is -2.25. The Labute approximate surface area is 115 Å². The lowest BCUT2D eigenvalue weighted by atomic mass is 9.76. The van der Waals surface area contributed by atoms with Gasteiger partial charge in [-0.25, -0.2) is 0 Å². The summed E-state index contributed by atoms with van der Waals surface area (Å²) < 4.78 is 0. The van der Waals surface area contributed by atoms with Crippen molar-refractivity contribution in [2.24, 2.45) is 17.1 Å². The van der Waals surface area contributed by atoms with Gasteiger partial charge < -0.3 is 11.1 Å². The number of pyridine rings is 1. The zero-order chi connectivity index (χ0) is 14.3. The standard InChI is InChI=1S/C15H25N3O/c1-15(2,3)12(8-9-16)6-7-14(19)18-13-5-4-10-17-11-13/h4-5,10-12H,6-9,16H2,1-3H3,(H,18,19). The van der Waals surface area contributed by atoms with Gasteiger partial charge in [0.15, 0.2) is 0 Å². The lowest BCUT2D eigenvalue weighted by Gasteiger charge is -2.30. The zero-order valence-corrected chi connectivity index (χ0v) is 12.1. The highest BCUT2D eigenvalue weighted by Crippen LogP contribution is 2.32. The van der Waals surface area contributed by atoms with Gasteiger partial charge in [0, 0.05) is 12.6 Å². The highest BCUT2D eigenvalue weighted by Gasteiger charge is 2.24. The number of nitrogens with one attached hydrogen (secondary N) is 1. The second kappa shape index (κ2) is 7.24. The molecule has 1 rings (SSSR count). The molecule has 0 fully saturated rings. The number of hydrogen-bond donors (Lipinski definition) is 2. The van der Waals surface area contributed by atoms with Crippen molar-refractivity contribution in [3.05, 3.63) is 24.5 Å². The average Bonchev–Trinajstić information content (AvgIpc) is 2.34. The van der Waals surface area contributed by atoms with Crippen LogP contribution in [0.2, 0.25) is 0 Å². The number of carbonyl (C=O) groups excluding carboxylic acids is 1. The molecule has 0 aliphatic carbocycles. The zero-order valence-electron chi connectivity index (χ0n) is 12.1. The molecule has 1 aromatic rings. The van der Waals surface area contributed by atoms with Crippen molar-refractivity contribution in [2.75, 3.05) is 11.9 Å². The van der Waals surface area contributed by atoms with Crippen molar-refractivity contribution in [1.82, 2.24) is 4.98 Å². The molecule has 4 heteroatoms. The number of nitrogens with two attached hydrogens (primary N) is 1. The van der Waals surface area contributed by atoms with Crippen LogP contribution in [0.1, 0.15) is 40.0 Å². The molecule has 0 aliphatic rings. The van der Waals surface area contributed by atoms with Gasteiger partial charge >= 0.3 is 0 Å². The quantitative estimate of drug-likeness (QED) is 0.829. The third-order valence-electron chi connectivity index (χ3n) is 3.41. The Hall–Kier alpha value is -1.42. The Balaban J connectivity index is 2.44. The van der Waals surface area contributed by atoms with Crippen molar-refractivity contribution in [3.63, 3.8) is 0 Å². The lowest BCUT2D eigenvalue weighted by molar-refractivity contribution is -0.116. The molecule has 0 saturated carbocycles. The summed E-state index contributed by atoms with van der Waals surface area (Å²) in [6.45, 7) is 7.28. The van der Waals surface area contributed by atoms with E-state index in [1.165, 1.54) is 0 Å². The molecule has 1 aromatic heterocycles. The summed E-state index contributed by atoms with van der Waals surface area (Å²) in [5.41, 5.74) is 6.58. The fourth-order valence-electron chi connectivity index (χ4n) is 2.18. The predicted molar refractivity (Wildman–Crippen MR) is 78.7 cm³/mol. The van der Waals surface area contributed by atoms with Crippen LogP contribution < -0.4 is 11.1 Å². The summed E-state index contributed by atoms with van der Waals surface area (Å²) in [5, 5.41) is 2.86. The van der Waals surface area contributed by atoms with Crippen molar-refractivity contribution < 1.29 is 4.79 Å². The van der Waals surface area contributed by atoms with Crippen LogP contribution in [-0.4, -0.2) is 17.4 Å². The maximum Gasteiger partial charge on any atom is 0.224 e. The largest absolute Gasteiger partial charge is 0.330 e. The fourth-order valence-corrected chi connectivity index (χ4v) is 2.18. The molecule has 1 amide bonds. The van der Waals surface area contributed by atoms with E-state index in [1.807, 2.05) is 12.1 Å². The van der Waals surface area contributed by atoms with Crippen LogP contribution in [0, 0.1) is 11.3 Å². The highest BCUT2D eigenvalue weighted by atomic mass is 16.1. The van der Waals surface area contributed by atoms with E-state index in [9.17, 15) is 4.79 Å². The third kappa shape index (κ3) is 5.83. The second-order valence-electron chi connectivity index (χ2n) is 5.97. The van der Waals surface area contributed by atoms with Gasteiger partial charge in [-0.15, -0.1) is 0 Å². The van der Waals surface area contributed by atoms with Crippen molar-refractivity contribution >= 4 is 11.6 Å². The van der Waals surface area contributed by atoms with E-state index in [2.05, 4.69) is 31.1 Å². The minimum Gasteiger partial charge on any atom is -0.330 e. The number of hydrogen-bond acceptors (Lipinski definition) is 3. The van der Waals surface area contributed by atoms with E-state index in [4.69, 9.17) is 5.73 Å². The molecule has 3 N–H and O–H groups in total. The number of rotatable bonds is 6. The van der Waals surface area contributed by atoms with Gasteiger partial charge in [-0.2, -0.15) is 0 Å². The molecule has 0 spiro atoms. The van der Waals surface area contributed by atoms with Crippen LogP contribution in [0.15, 0.2) is 24.5 Å². The van der Waals surface area contributed by atoms with Crippen LogP contribution in [0.4, 0.5) is 5.69 Å². The van der Waals surface area contributed by atoms with Crippen LogP contribution in [0.25, 0.3) is 0 Å². The van der Waals surface area contributed by atoms with E-state index in [1.54, 1.807) is 12.4 Å². The van der Waals surface area contributed by atoms with E-state index in [-0.39, 0.29) is 11.3 Å². The summed E-state index contributed by atoms with van der Waals surface area (Å²) in [5.74, 6) is 0.511. The molecule has 4 nitrogen and oxygen atoms in total. The number of anilines is 1. The summed E-state index contributed by atoms with van der Waals surface area (Å²) in [6.07, 6.45) is 5.69. The molecule has 1 unspecified atom stereocenters. The van der Waals surface area contributed by atoms with Crippen molar-refractivity contribution in [2.45, 2.75) is 40.0 Å². The number of carbonyl (C=O) groups is 1. The second-order valence-corrected chi connectivity index (χ2v) is 5.97. The van der Waals surface area contributed by atoms with Crippen LogP contribution >= 0.6 is 0 Å². The minimum atomic E-state index is 0.0410. The molecule has 0 aliphatic heterocycles. The highest BCUT2D eigenvalue weighted by molar-refractivity contribution is 5.90. The normalized spacial score (nSPS) is 13.1. The average molecular weight is 263 g/mol. The Morgan fingerprint density at radius 1 is 1.42 bits per heavy atom. The molecule has 106 valence electrons. The third-order valence-corrected chi connectivity index (χ3v) is 3.41. The monoisotopic (exact) mass is 263 g/mol. The summed E-state index contributed by atoms with van der Waals surface area (Å²) >= 11 is 0. The Morgan fingerprint density at radius 3 is 2.68 bits per heavy atom. The molecule has 0 radical (unpaired) electrons. The smallest absolute Gasteiger partial charge is 0.224 e. The first-order chi connectivity index (χ1) is 8.93. The van der Waals surface area contributed by atoms with Crippen molar-refractivity contribution in [1.29, 1.82) is 0 Å². The van der Waals surface area contributed by atoms with E-state index >= 15 is 0 Å². The Kier molecular flexibility index (Phi) is 5.96. The Morgan fingerprint density at radius 2 is 2.16 bits per heavy atom. The molecular weight excluding hydrogens is 238 g/mol. The SMILES string of the molecule is CC(C)(C)C(CCN)CCC(=O)Nc1cccnc1. The first-order valence-corrected chi connectivity index (χ1v) is 6.83. The summed E-state index contributed by atoms with van der Waals surface area (Å²) in [4.78, 5) is 15.8. The summed E-state index contributed by atoms with van der Waals surface area (Å²) in [7, 11) is 0. The minimum absolute atomic E-state index is 0.0410. The molecule has 0 aromatic carbocycles.